The summed E-state index contributed by atoms with van der Waals surface area (Å²) in [6.45, 7) is 1.54. The Morgan fingerprint density at radius 2 is 1.14 bits per heavy atom. The van der Waals surface area contributed by atoms with Gasteiger partial charge in [-0.15, -0.1) is 0 Å². The van der Waals surface area contributed by atoms with E-state index in [-0.39, 0.29) is 11.3 Å². The van der Waals surface area contributed by atoms with Crippen LogP contribution >= 0.6 is 0 Å². The molecular weight excluding hydrogens is 284 g/mol. The van der Waals surface area contributed by atoms with Crippen LogP contribution in [0, 0.1) is 0 Å². The van der Waals surface area contributed by atoms with Crippen molar-refractivity contribution in [2.75, 3.05) is 14.2 Å². The van der Waals surface area contributed by atoms with Gasteiger partial charge in [-0.3, -0.25) is 4.79 Å². The zero-order valence-electron chi connectivity index (χ0n) is 12.7. The van der Waals surface area contributed by atoms with Gasteiger partial charge in [-0.05, 0) is 55.5 Å². The molecule has 1 N–H and O–H groups in total. The number of carboxylic acids is 1. The number of Topliss-reactive ketones (excluding diaryl/α,β-unsaturated/α-hetero) is 1. The lowest BCUT2D eigenvalue weighted by atomic mass is 10.1. The maximum atomic E-state index is 10.8. The van der Waals surface area contributed by atoms with E-state index in [1.54, 1.807) is 50.4 Å². The molecule has 116 valence electrons. The Balaban J connectivity index is 0.000000220. The highest BCUT2D eigenvalue weighted by atomic mass is 16.5. The van der Waals surface area contributed by atoms with Gasteiger partial charge in [0.05, 0.1) is 19.8 Å². The van der Waals surface area contributed by atoms with Crippen molar-refractivity contribution in [3.05, 3.63) is 59.7 Å². The predicted octanol–water partition coefficient (Wildman–Crippen LogP) is 3.29. The van der Waals surface area contributed by atoms with Gasteiger partial charge < -0.3 is 14.6 Å². The first-order valence-corrected chi connectivity index (χ1v) is 6.50. The lowest BCUT2D eigenvalue weighted by molar-refractivity contribution is 0.0696. The second-order valence-corrected chi connectivity index (χ2v) is 4.32. The number of carbonyl (C=O) groups is 2. The number of carboxylic acid groups (broad SMARTS) is 1. The fraction of sp³-hybridized carbons (Fsp3) is 0.176. The molecular formula is C17H18O5. The second kappa shape index (κ2) is 8.46. The molecule has 22 heavy (non-hydrogen) atoms. The molecule has 0 heterocycles. The molecule has 0 aromatic heterocycles. The number of methoxy groups -OCH3 is 2. The molecule has 0 spiro atoms. The van der Waals surface area contributed by atoms with Crippen LogP contribution < -0.4 is 9.47 Å². The highest BCUT2D eigenvalue weighted by molar-refractivity contribution is 5.94. The molecule has 5 heteroatoms. The maximum absolute atomic E-state index is 10.8. The molecule has 0 aliphatic heterocycles. The second-order valence-electron chi connectivity index (χ2n) is 4.32. The molecule has 0 radical (unpaired) electrons. The Morgan fingerprint density at radius 1 is 0.773 bits per heavy atom. The predicted molar refractivity (Wildman–Crippen MR) is 83.0 cm³/mol. The van der Waals surface area contributed by atoms with E-state index in [4.69, 9.17) is 14.6 Å². The molecule has 0 bridgehead atoms. The normalized spacial score (nSPS) is 9.23. The molecule has 2 rings (SSSR count). The quantitative estimate of drug-likeness (QED) is 0.877. The first-order chi connectivity index (χ1) is 10.5. The molecule has 5 nitrogen and oxygen atoms in total. The Kier molecular flexibility index (Phi) is 6.63. The highest BCUT2D eigenvalue weighted by Crippen LogP contribution is 2.11. The van der Waals surface area contributed by atoms with Crippen molar-refractivity contribution >= 4 is 11.8 Å². The minimum absolute atomic E-state index is 0.0765. The summed E-state index contributed by atoms with van der Waals surface area (Å²) in [7, 11) is 3.14. The van der Waals surface area contributed by atoms with Crippen LogP contribution in [0.2, 0.25) is 0 Å². The summed E-state index contributed by atoms with van der Waals surface area (Å²) in [5, 5.41) is 8.51. The largest absolute Gasteiger partial charge is 0.497 e. The fourth-order valence-electron chi connectivity index (χ4n) is 1.56. The van der Waals surface area contributed by atoms with E-state index >= 15 is 0 Å². The summed E-state index contributed by atoms with van der Waals surface area (Å²) in [5.41, 5.74) is 0.983. The molecule has 2 aromatic carbocycles. The van der Waals surface area contributed by atoms with E-state index in [1.807, 2.05) is 0 Å². The minimum atomic E-state index is -0.923. The van der Waals surface area contributed by atoms with Gasteiger partial charge in [0.2, 0.25) is 0 Å². The molecule has 0 aliphatic rings. The van der Waals surface area contributed by atoms with Crippen molar-refractivity contribution in [1.29, 1.82) is 0 Å². The molecule has 0 saturated carbocycles. The Bertz CT molecular complexity index is 557. The van der Waals surface area contributed by atoms with Gasteiger partial charge >= 0.3 is 5.97 Å². The van der Waals surface area contributed by atoms with Gasteiger partial charge in [0.15, 0.2) is 5.78 Å². The first-order valence-electron chi connectivity index (χ1n) is 6.50. The Labute approximate surface area is 129 Å². The number of benzene rings is 2. The van der Waals surface area contributed by atoms with E-state index < -0.39 is 5.97 Å². The molecule has 0 atom stereocenters. The van der Waals surface area contributed by atoms with Gasteiger partial charge in [-0.25, -0.2) is 4.79 Å². The van der Waals surface area contributed by atoms with Crippen LogP contribution in [0.4, 0.5) is 0 Å². The average Bonchev–Trinajstić information content (AvgIpc) is 2.55. The number of aromatic carboxylic acids is 1. The maximum Gasteiger partial charge on any atom is 0.335 e. The molecule has 0 aliphatic carbocycles. The zero-order chi connectivity index (χ0) is 16.5. The third-order valence-electron chi connectivity index (χ3n) is 2.83. The third kappa shape index (κ3) is 5.28. The molecule has 2 aromatic rings. The number of ketones is 1. The topological polar surface area (TPSA) is 72.8 Å². The molecule has 0 amide bonds. The van der Waals surface area contributed by atoms with Crippen molar-refractivity contribution in [3.63, 3.8) is 0 Å². The average molecular weight is 302 g/mol. The summed E-state index contributed by atoms with van der Waals surface area (Å²) < 4.78 is 9.79. The van der Waals surface area contributed by atoms with Crippen LogP contribution in [0.3, 0.4) is 0 Å². The summed E-state index contributed by atoms with van der Waals surface area (Å²) in [6, 6.07) is 13.3. The number of ether oxygens (including phenoxy) is 2. The number of carbonyl (C=O) groups excluding carboxylic acids is 1. The van der Waals surface area contributed by atoms with Gasteiger partial charge in [-0.2, -0.15) is 0 Å². The van der Waals surface area contributed by atoms with Crippen molar-refractivity contribution in [2.45, 2.75) is 6.92 Å². The Hall–Kier alpha value is -2.82. The lowest BCUT2D eigenvalue weighted by Crippen LogP contribution is -1.95. The lowest BCUT2D eigenvalue weighted by Gasteiger charge is -1.98. The number of hydrogen-bond donors (Lipinski definition) is 1. The molecule has 0 fully saturated rings. The van der Waals surface area contributed by atoms with Crippen LogP contribution in [-0.4, -0.2) is 31.1 Å². The summed E-state index contributed by atoms with van der Waals surface area (Å²) in [5.74, 6) is 0.588. The van der Waals surface area contributed by atoms with E-state index in [1.165, 1.54) is 19.2 Å². The number of hydrogen-bond acceptors (Lipinski definition) is 4. The van der Waals surface area contributed by atoms with E-state index in [9.17, 15) is 9.59 Å². The molecule has 0 unspecified atom stereocenters. The fourth-order valence-corrected chi connectivity index (χ4v) is 1.56. The van der Waals surface area contributed by atoms with Crippen LogP contribution in [0.25, 0.3) is 0 Å². The van der Waals surface area contributed by atoms with E-state index in [0.717, 1.165) is 5.75 Å². The first kappa shape index (κ1) is 17.2. The standard InChI is InChI=1S/C9H10O2.C8H8O3/c1-7(10)8-3-5-9(11-2)6-4-8;1-11-7-4-2-6(3-5-7)8(9)10/h3-6H,1-2H3;2-5H,1H3,(H,9,10). The van der Waals surface area contributed by atoms with E-state index in [2.05, 4.69) is 0 Å². The van der Waals surface area contributed by atoms with Crippen molar-refractivity contribution in [2.24, 2.45) is 0 Å². The Morgan fingerprint density at radius 3 is 1.41 bits per heavy atom. The van der Waals surface area contributed by atoms with E-state index in [0.29, 0.717) is 11.3 Å². The van der Waals surface area contributed by atoms with Crippen LogP contribution in [-0.2, 0) is 0 Å². The summed E-state index contributed by atoms with van der Waals surface area (Å²) in [4.78, 5) is 21.2. The van der Waals surface area contributed by atoms with Crippen molar-refractivity contribution in [3.8, 4) is 11.5 Å². The smallest absolute Gasteiger partial charge is 0.335 e. The SMILES string of the molecule is COc1ccc(C(=O)O)cc1.COc1ccc(C(C)=O)cc1. The van der Waals surface area contributed by atoms with Crippen molar-refractivity contribution in [1.82, 2.24) is 0 Å². The zero-order valence-corrected chi connectivity index (χ0v) is 12.7. The number of rotatable bonds is 4. The van der Waals surface area contributed by atoms with Crippen LogP contribution in [0.15, 0.2) is 48.5 Å². The third-order valence-corrected chi connectivity index (χ3v) is 2.83. The molecule has 0 saturated heterocycles. The summed E-state index contributed by atoms with van der Waals surface area (Å²) >= 11 is 0. The van der Waals surface area contributed by atoms with Gasteiger partial charge in [-0.1, -0.05) is 0 Å². The van der Waals surface area contributed by atoms with Gasteiger partial charge in [0.25, 0.3) is 0 Å². The van der Waals surface area contributed by atoms with Gasteiger partial charge in [0.1, 0.15) is 11.5 Å². The monoisotopic (exact) mass is 302 g/mol. The minimum Gasteiger partial charge on any atom is -0.497 e. The highest BCUT2D eigenvalue weighted by Gasteiger charge is 2.00. The van der Waals surface area contributed by atoms with Crippen molar-refractivity contribution < 1.29 is 24.2 Å². The van der Waals surface area contributed by atoms with Gasteiger partial charge in [0, 0.05) is 5.56 Å². The summed E-state index contributed by atoms with van der Waals surface area (Å²) in [6.07, 6.45) is 0. The van der Waals surface area contributed by atoms with Crippen LogP contribution in [0.5, 0.6) is 11.5 Å². The van der Waals surface area contributed by atoms with Crippen LogP contribution in [0.1, 0.15) is 27.6 Å².